The van der Waals surface area contributed by atoms with E-state index < -0.39 is 11.6 Å². The van der Waals surface area contributed by atoms with E-state index in [4.69, 9.17) is 11.2 Å². The predicted molar refractivity (Wildman–Crippen MR) is 114 cm³/mol. The smallest absolute Gasteiger partial charge is 0.339 e. The van der Waals surface area contributed by atoms with E-state index in [-0.39, 0.29) is 10.9 Å². The van der Waals surface area contributed by atoms with E-state index in [9.17, 15) is 4.79 Å². The molecule has 0 aliphatic carbocycles. The van der Waals surface area contributed by atoms with Crippen LogP contribution in [0.15, 0.2) is 99.6 Å². The maximum atomic E-state index is 12.7. The van der Waals surface area contributed by atoms with E-state index in [0.717, 1.165) is 4.90 Å². The van der Waals surface area contributed by atoms with Gasteiger partial charge >= 0.3 is 5.97 Å². The Kier molecular flexibility index (Phi) is 6.23. The summed E-state index contributed by atoms with van der Waals surface area (Å²) in [6, 6.07) is 28.3. The number of esters is 1. The number of benzene rings is 3. The molecule has 0 heterocycles. The molecule has 0 radical (unpaired) electrons. The standard InChI is InChI=1S/C25H23O2S/c1-4-25(3,5-2)27-24(26)20-13-12-18-23(19-20)28(21-14-8-6-9-15-21)22-16-10-7-11-17-22/h1,6-19H,5H2,2-3H3/q+1. The normalized spacial score (nSPS) is 12.8. The van der Waals surface area contributed by atoms with E-state index in [2.05, 4.69) is 36.3 Å². The molecule has 0 saturated carbocycles. The van der Waals surface area contributed by atoms with E-state index in [1.165, 1.54) is 9.79 Å². The van der Waals surface area contributed by atoms with Gasteiger partial charge in [-0.2, -0.15) is 0 Å². The molecule has 3 aromatic carbocycles. The van der Waals surface area contributed by atoms with Crippen molar-refractivity contribution in [3.05, 3.63) is 90.5 Å². The molecule has 0 amide bonds. The van der Waals surface area contributed by atoms with Gasteiger partial charge in [-0.05, 0) is 49.7 Å². The molecule has 0 spiro atoms. The number of ether oxygens (including phenoxy) is 1. The van der Waals surface area contributed by atoms with Crippen LogP contribution in [-0.2, 0) is 15.6 Å². The lowest BCUT2D eigenvalue weighted by Gasteiger charge is -2.22. The molecule has 0 saturated heterocycles. The van der Waals surface area contributed by atoms with Gasteiger partial charge in [-0.25, -0.2) is 4.79 Å². The Morgan fingerprint density at radius 2 is 1.46 bits per heavy atom. The molecule has 0 N–H and O–H groups in total. The molecule has 28 heavy (non-hydrogen) atoms. The minimum absolute atomic E-state index is 0.316. The molecule has 3 heteroatoms. The quantitative estimate of drug-likeness (QED) is 0.306. The molecule has 3 rings (SSSR count). The summed E-state index contributed by atoms with van der Waals surface area (Å²) in [5.74, 6) is 2.18. The maximum absolute atomic E-state index is 12.7. The van der Waals surface area contributed by atoms with Crippen molar-refractivity contribution in [3.63, 3.8) is 0 Å². The zero-order valence-electron chi connectivity index (χ0n) is 16.1. The summed E-state index contributed by atoms with van der Waals surface area (Å²) in [6.07, 6.45) is 6.11. The summed E-state index contributed by atoms with van der Waals surface area (Å²) in [7, 11) is -0.316. The van der Waals surface area contributed by atoms with Crippen LogP contribution in [0, 0.1) is 12.3 Å². The molecule has 140 valence electrons. The highest BCUT2D eigenvalue weighted by Gasteiger charge is 2.30. The van der Waals surface area contributed by atoms with Crippen molar-refractivity contribution in [1.29, 1.82) is 0 Å². The van der Waals surface area contributed by atoms with E-state index in [1.54, 1.807) is 13.0 Å². The van der Waals surface area contributed by atoms with E-state index in [1.807, 2.05) is 55.5 Å². The number of hydrogen-bond donors (Lipinski definition) is 0. The number of carbonyl (C=O) groups excluding carboxylic acids is 1. The second-order valence-electron chi connectivity index (χ2n) is 6.58. The van der Waals surface area contributed by atoms with Gasteiger partial charge in [-0.3, -0.25) is 0 Å². The predicted octanol–water partition coefficient (Wildman–Crippen LogP) is 5.74. The lowest BCUT2D eigenvalue weighted by molar-refractivity contribution is 0.0132. The van der Waals surface area contributed by atoms with Crippen molar-refractivity contribution in [2.45, 2.75) is 40.6 Å². The highest BCUT2D eigenvalue weighted by Crippen LogP contribution is 2.31. The Labute approximate surface area is 169 Å². The van der Waals surface area contributed by atoms with Crippen molar-refractivity contribution in [3.8, 4) is 12.3 Å². The Balaban J connectivity index is 2.00. The minimum atomic E-state index is -0.895. The molecule has 3 aromatic rings. The third-order valence-electron chi connectivity index (χ3n) is 4.56. The van der Waals surface area contributed by atoms with Crippen molar-refractivity contribution in [2.24, 2.45) is 0 Å². The fraction of sp³-hybridized carbons (Fsp3) is 0.160. The first-order chi connectivity index (χ1) is 13.6. The monoisotopic (exact) mass is 387 g/mol. The van der Waals surface area contributed by atoms with Crippen LogP contribution in [0.3, 0.4) is 0 Å². The Hall–Kier alpha value is -2.96. The van der Waals surface area contributed by atoms with Crippen LogP contribution in [0.5, 0.6) is 0 Å². The van der Waals surface area contributed by atoms with Gasteiger partial charge in [-0.15, -0.1) is 6.42 Å². The zero-order chi connectivity index (χ0) is 20.0. The number of rotatable bonds is 6. The molecule has 0 aromatic heterocycles. The maximum Gasteiger partial charge on any atom is 0.339 e. The fourth-order valence-electron chi connectivity index (χ4n) is 2.74. The Bertz CT molecular complexity index is 937. The molecule has 0 aliphatic rings. The van der Waals surface area contributed by atoms with E-state index >= 15 is 0 Å². The SMILES string of the molecule is C#CC(C)(CC)OC(=O)c1cccc([S+](c2ccccc2)c2ccccc2)c1. The van der Waals surface area contributed by atoms with E-state index in [0.29, 0.717) is 12.0 Å². The average Bonchev–Trinajstić information content (AvgIpc) is 2.75. The van der Waals surface area contributed by atoms with Crippen molar-refractivity contribution >= 4 is 16.9 Å². The zero-order valence-corrected chi connectivity index (χ0v) is 16.9. The van der Waals surface area contributed by atoms with Gasteiger partial charge in [0.25, 0.3) is 0 Å². The lowest BCUT2D eigenvalue weighted by atomic mass is 10.0. The van der Waals surface area contributed by atoms with Gasteiger partial charge < -0.3 is 4.74 Å². The average molecular weight is 388 g/mol. The largest absolute Gasteiger partial charge is 0.443 e. The van der Waals surface area contributed by atoms with Crippen molar-refractivity contribution in [2.75, 3.05) is 0 Å². The second-order valence-corrected chi connectivity index (χ2v) is 8.60. The molecule has 1 unspecified atom stereocenters. The number of carbonyl (C=O) groups is 1. The van der Waals surface area contributed by atoms with Gasteiger partial charge in [0.15, 0.2) is 20.3 Å². The van der Waals surface area contributed by atoms with Crippen LogP contribution in [-0.4, -0.2) is 11.6 Å². The lowest BCUT2D eigenvalue weighted by Crippen LogP contribution is -2.29. The molecule has 0 aliphatic heterocycles. The van der Waals surface area contributed by atoms with Crippen LogP contribution in [0.25, 0.3) is 0 Å². The van der Waals surface area contributed by atoms with Crippen LogP contribution < -0.4 is 0 Å². The molecular formula is C25H23O2S+. The van der Waals surface area contributed by atoms with Crippen LogP contribution in [0.1, 0.15) is 30.6 Å². The highest BCUT2D eigenvalue weighted by atomic mass is 32.2. The first kappa shape index (κ1) is 19.8. The second kappa shape index (κ2) is 8.82. The summed E-state index contributed by atoms with van der Waals surface area (Å²) in [6.45, 7) is 3.67. The van der Waals surface area contributed by atoms with Crippen LogP contribution in [0.4, 0.5) is 0 Å². The summed E-state index contributed by atoms with van der Waals surface area (Å²) in [5, 5.41) is 0. The Morgan fingerprint density at radius 3 is 1.96 bits per heavy atom. The van der Waals surface area contributed by atoms with Gasteiger partial charge in [0.2, 0.25) is 0 Å². The topological polar surface area (TPSA) is 26.3 Å². The first-order valence-corrected chi connectivity index (χ1v) is 10.4. The minimum Gasteiger partial charge on any atom is -0.443 e. The summed E-state index contributed by atoms with van der Waals surface area (Å²) >= 11 is 0. The van der Waals surface area contributed by atoms with Crippen LogP contribution >= 0.6 is 0 Å². The summed E-state index contributed by atoms with van der Waals surface area (Å²) in [4.78, 5) is 16.2. The third kappa shape index (κ3) is 4.47. The van der Waals surface area contributed by atoms with Gasteiger partial charge in [0.05, 0.1) is 16.5 Å². The van der Waals surface area contributed by atoms with Gasteiger partial charge in [-0.1, -0.05) is 55.3 Å². The summed E-state index contributed by atoms with van der Waals surface area (Å²) < 4.78 is 5.60. The molecule has 2 nitrogen and oxygen atoms in total. The number of terminal acetylenes is 1. The fourth-order valence-corrected chi connectivity index (χ4v) is 4.87. The van der Waals surface area contributed by atoms with Gasteiger partial charge in [0, 0.05) is 6.07 Å². The molecule has 0 fully saturated rings. The van der Waals surface area contributed by atoms with Crippen molar-refractivity contribution in [1.82, 2.24) is 0 Å². The molecule has 0 bridgehead atoms. The third-order valence-corrected chi connectivity index (χ3v) is 6.77. The summed E-state index contributed by atoms with van der Waals surface area (Å²) in [5.41, 5.74) is -0.384. The Morgan fingerprint density at radius 1 is 0.929 bits per heavy atom. The number of hydrogen-bond acceptors (Lipinski definition) is 2. The molecular weight excluding hydrogens is 364 g/mol. The highest BCUT2D eigenvalue weighted by molar-refractivity contribution is 7.97. The van der Waals surface area contributed by atoms with Crippen molar-refractivity contribution < 1.29 is 9.53 Å². The molecule has 1 atom stereocenters. The van der Waals surface area contributed by atoms with Gasteiger partial charge in [0.1, 0.15) is 0 Å². The first-order valence-electron chi connectivity index (χ1n) is 9.22. The van der Waals surface area contributed by atoms with Crippen LogP contribution in [0.2, 0.25) is 0 Å².